The third kappa shape index (κ3) is 4.46. The smallest absolute Gasteiger partial charge is 0.125 e. The van der Waals surface area contributed by atoms with Crippen molar-refractivity contribution >= 4 is 15.9 Å². The fourth-order valence-electron chi connectivity index (χ4n) is 2.83. The third-order valence-corrected chi connectivity index (χ3v) is 4.75. The van der Waals surface area contributed by atoms with Crippen molar-refractivity contribution in [3.63, 3.8) is 0 Å². The molecule has 0 aliphatic carbocycles. The van der Waals surface area contributed by atoms with Crippen molar-refractivity contribution in [1.29, 1.82) is 0 Å². The van der Waals surface area contributed by atoms with Crippen LogP contribution in [0.2, 0.25) is 0 Å². The van der Waals surface area contributed by atoms with E-state index in [0.29, 0.717) is 12.0 Å². The van der Waals surface area contributed by atoms with Crippen LogP contribution in [0.3, 0.4) is 0 Å². The van der Waals surface area contributed by atoms with E-state index >= 15 is 0 Å². The summed E-state index contributed by atoms with van der Waals surface area (Å²) in [4.78, 5) is 0. The van der Waals surface area contributed by atoms with Crippen LogP contribution in [0.4, 0.5) is 0 Å². The Morgan fingerprint density at radius 1 is 1.29 bits per heavy atom. The number of hydrogen-bond donors (Lipinski definition) is 1. The van der Waals surface area contributed by atoms with Gasteiger partial charge in [-0.25, -0.2) is 0 Å². The molecule has 0 saturated carbocycles. The van der Waals surface area contributed by atoms with E-state index in [-0.39, 0.29) is 5.41 Å². The number of rotatable bonds is 5. The maximum absolute atomic E-state index is 5.88. The molecule has 1 unspecified atom stereocenters. The van der Waals surface area contributed by atoms with Crippen molar-refractivity contribution in [2.45, 2.75) is 53.5 Å². The molecular weight excluding hydrogens is 326 g/mol. The van der Waals surface area contributed by atoms with Crippen LogP contribution in [0.15, 0.2) is 16.6 Å². The standard InChI is InChI=1S/C18H28BrNO/c1-12(2)20-11-15(18(3,4)5)8-14-10-16(19)9-13-6-7-21-17(13)14/h9-10,12,15,20H,6-8,11H2,1-5H3. The van der Waals surface area contributed by atoms with Crippen molar-refractivity contribution in [2.75, 3.05) is 13.2 Å². The van der Waals surface area contributed by atoms with Gasteiger partial charge in [0.1, 0.15) is 5.75 Å². The topological polar surface area (TPSA) is 21.3 Å². The first-order valence-corrected chi connectivity index (χ1v) is 8.74. The molecular formula is C18H28BrNO. The SMILES string of the molecule is CC(C)NCC(Cc1cc(Br)cc2c1OCC2)C(C)(C)C. The molecule has 1 aromatic rings. The van der Waals surface area contributed by atoms with Crippen molar-refractivity contribution in [2.24, 2.45) is 11.3 Å². The van der Waals surface area contributed by atoms with Gasteiger partial charge in [-0.3, -0.25) is 0 Å². The Kier molecular flexibility index (Phi) is 5.37. The van der Waals surface area contributed by atoms with Gasteiger partial charge in [0.25, 0.3) is 0 Å². The predicted molar refractivity (Wildman–Crippen MR) is 93.1 cm³/mol. The summed E-state index contributed by atoms with van der Waals surface area (Å²) in [6.45, 7) is 13.3. The number of halogens is 1. The van der Waals surface area contributed by atoms with E-state index in [9.17, 15) is 0 Å². The Morgan fingerprint density at radius 2 is 2.00 bits per heavy atom. The lowest BCUT2D eigenvalue weighted by molar-refractivity contribution is 0.224. The Bertz CT molecular complexity index is 491. The first-order valence-electron chi connectivity index (χ1n) is 7.95. The highest BCUT2D eigenvalue weighted by Gasteiger charge is 2.27. The average molecular weight is 354 g/mol. The van der Waals surface area contributed by atoms with Gasteiger partial charge in [0.2, 0.25) is 0 Å². The summed E-state index contributed by atoms with van der Waals surface area (Å²) in [6.07, 6.45) is 2.09. The van der Waals surface area contributed by atoms with Crippen LogP contribution in [-0.2, 0) is 12.8 Å². The number of nitrogens with one attached hydrogen (secondary N) is 1. The molecule has 1 heterocycles. The molecule has 0 aromatic heterocycles. The lowest BCUT2D eigenvalue weighted by Crippen LogP contribution is -2.36. The zero-order valence-electron chi connectivity index (χ0n) is 13.9. The molecule has 0 fully saturated rings. The van der Waals surface area contributed by atoms with Gasteiger partial charge in [0.05, 0.1) is 6.61 Å². The average Bonchev–Trinajstić information content (AvgIpc) is 2.80. The van der Waals surface area contributed by atoms with Crippen LogP contribution in [-0.4, -0.2) is 19.2 Å². The van der Waals surface area contributed by atoms with Crippen LogP contribution in [0.5, 0.6) is 5.75 Å². The van der Waals surface area contributed by atoms with Crippen LogP contribution in [0.1, 0.15) is 45.7 Å². The minimum atomic E-state index is 0.274. The molecule has 2 rings (SSSR count). The molecule has 2 nitrogen and oxygen atoms in total. The summed E-state index contributed by atoms with van der Waals surface area (Å²) in [5, 5.41) is 3.60. The number of ether oxygens (including phenoxy) is 1. The minimum Gasteiger partial charge on any atom is -0.493 e. The normalized spacial score (nSPS) is 16.0. The van der Waals surface area contributed by atoms with E-state index in [1.807, 2.05) is 0 Å². The van der Waals surface area contributed by atoms with E-state index < -0.39 is 0 Å². The van der Waals surface area contributed by atoms with Crippen LogP contribution >= 0.6 is 15.9 Å². The summed E-state index contributed by atoms with van der Waals surface area (Å²) in [5.74, 6) is 1.72. The molecule has 1 N–H and O–H groups in total. The van der Waals surface area contributed by atoms with E-state index in [1.54, 1.807) is 0 Å². The van der Waals surface area contributed by atoms with Crippen molar-refractivity contribution < 1.29 is 4.74 Å². The Labute approximate surface area is 137 Å². The second-order valence-electron chi connectivity index (χ2n) is 7.48. The van der Waals surface area contributed by atoms with Crippen molar-refractivity contribution in [1.82, 2.24) is 5.32 Å². The van der Waals surface area contributed by atoms with E-state index in [2.05, 4.69) is 68.0 Å². The summed E-state index contributed by atoms with van der Waals surface area (Å²) in [6, 6.07) is 4.96. The fraction of sp³-hybridized carbons (Fsp3) is 0.667. The lowest BCUT2D eigenvalue weighted by atomic mass is 9.77. The molecule has 0 saturated heterocycles. The summed E-state index contributed by atoms with van der Waals surface area (Å²) >= 11 is 3.65. The Hall–Kier alpha value is -0.540. The predicted octanol–water partition coefficient (Wildman–Crippen LogP) is 4.59. The molecule has 0 amide bonds. The van der Waals surface area contributed by atoms with Gasteiger partial charge in [-0.05, 0) is 47.6 Å². The highest BCUT2D eigenvalue weighted by atomic mass is 79.9. The van der Waals surface area contributed by atoms with Gasteiger partial charge in [-0.15, -0.1) is 0 Å². The maximum atomic E-state index is 5.88. The van der Waals surface area contributed by atoms with Gasteiger partial charge in [0, 0.05) is 16.9 Å². The molecule has 0 spiro atoms. The van der Waals surface area contributed by atoms with Crippen LogP contribution < -0.4 is 10.1 Å². The summed E-state index contributed by atoms with van der Waals surface area (Å²) in [5.41, 5.74) is 2.97. The largest absolute Gasteiger partial charge is 0.493 e. The van der Waals surface area contributed by atoms with Crippen molar-refractivity contribution in [3.05, 3.63) is 27.7 Å². The molecule has 118 valence electrons. The van der Waals surface area contributed by atoms with Crippen molar-refractivity contribution in [3.8, 4) is 5.75 Å². The molecule has 1 atom stereocenters. The monoisotopic (exact) mass is 353 g/mol. The van der Waals surface area contributed by atoms with Gasteiger partial charge in [0.15, 0.2) is 0 Å². The molecule has 1 aliphatic rings. The van der Waals surface area contributed by atoms with Gasteiger partial charge in [-0.1, -0.05) is 50.5 Å². The van der Waals surface area contributed by atoms with Crippen LogP contribution in [0, 0.1) is 11.3 Å². The quantitative estimate of drug-likeness (QED) is 0.835. The summed E-state index contributed by atoms with van der Waals surface area (Å²) < 4.78 is 7.05. The molecule has 0 radical (unpaired) electrons. The van der Waals surface area contributed by atoms with Gasteiger partial charge < -0.3 is 10.1 Å². The van der Waals surface area contributed by atoms with Crippen LogP contribution in [0.25, 0.3) is 0 Å². The minimum absolute atomic E-state index is 0.274. The Morgan fingerprint density at radius 3 is 2.62 bits per heavy atom. The van der Waals surface area contributed by atoms with E-state index in [4.69, 9.17) is 4.74 Å². The Balaban J connectivity index is 2.21. The first-order chi connectivity index (χ1) is 9.77. The van der Waals surface area contributed by atoms with Gasteiger partial charge >= 0.3 is 0 Å². The highest BCUT2D eigenvalue weighted by Crippen LogP contribution is 2.37. The molecule has 3 heteroatoms. The molecule has 1 aromatic carbocycles. The first kappa shape index (κ1) is 16.8. The van der Waals surface area contributed by atoms with E-state index in [0.717, 1.165) is 31.7 Å². The molecule has 0 bridgehead atoms. The second kappa shape index (κ2) is 6.70. The lowest BCUT2D eigenvalue weighted by Gasteiger charge is -2.32. The van der Waals surface area contributed by atoms with E-state index in [1.165, 1.54) is 15.6 Å². The molecule has 1 aliphatic heterocycles. The zero-order chi connectivity index (χ0) is 15.6. The number of fused-ring (bicyclic) bond motifs is 1. The number of benzene rings is 1. The zero-order valence-corrected chi connectivity index (χ0v) is 15.5. The third-order valence-electron chi connectivity index (χ3n) is 4.29. The molecule has 21 heavy (non-hydrogen) atoms. The highest BCUT2D eigenvalue weighted by molar-refractivity contribution is 9.10. The summed E-state index contributed by atoms with van der Waals surface area (Å²) in [7, 11) is 0. The fourth-order valence-corrected chi connectivity index (χ4v) is 3.38. The second-order valence-corrected chi connectivity index (χ2v) is 8.40. The number of hydrogen-bond acceptors (Lipinski definition) is 2. The van der Waals surface area contributed by atoms with Gasteiger partial charge in [-0.2, -0.15) is 0 Å². The maximum Gasteiger partial charge on any atom is 0.125 e.